The summed E-state index contributed by atoms with van der Waals surface area (Å²) in [6.07, 6.45) is 0.111. The molecule has 9 nitrogen and oxygen atoms in total. The van der Waals surface area contributed by atoms with Gasteiger partial charge in [0.1, 0.15) is 0 Å². The minimum absolute atomic E-state index is 0.0295. The molecule has 2 aromatic carbocycles. The first-order valence-electron chi connectivity index (χ1n) is 10.1. The Kier molecular flexibility index (Phi) is 7.64. The van der Waals surface area contributed by atoms with Gasteiger partial charge in [0, 0.05) is 17.3 Å². The van der Waals surface area contributed by atoms with Gasteiger partial charge in [0.25, 0.3) is 5.91 Å². The molecule has 1 aliphatic rings. The zero-order valence-electron chi connectivity index (χ0n) is 17.8. The number of esters is 1. The first-order valence-corrected chi connectivity index (χ1v) is 10.5. The van der Waals surface area contributed by atoms with Crippen molar-refractivity contribution in [2.45, 2.75) is 19.9 Å². The van der Waals surface area contributed by atoms with E-state index < -0.39 is 24.5 Å². The Balaban J connectivity index is 1.61. The van der Waals surface area contributed by atoms with Gasteiger partial charge in [-0.2, -0.15) is 5.26 Å². The molecule has 1 aliphatic heterocycles. The second-order valence-corrected chi connectivity index (χ2v) is 7.71. The Morgan fingerprint density at radius 2 is 1.94 bits per heavy atom. The maximum Gasteiger partial charge on any atom is 0.338 e. The molecule has 0 aromatic heterocycles. The molecule has 3 rings (SSSR count). The largest absolute Gasteiger partial charge is 0.452 e. The normalized spacial score (nSPS) is 12.8. The van der Waals surface area contributed by atoms with Gasteiger partial charge >= 0.3 is 12.0 Å². The van der Waals surface area contributed by atoms with Crippen molar-refractivity contribution in [2.24, 2.45) is 0 Å². The van der Waals surface area contributed by atoms with Crippen molar-refractivity contribution in [1.29, 1.82) is 5.26 Å². The number of carbonyl (C=O) groups excluding carboxylic acids is 4. The number of carbonyl (C=O) groups is 4. The predicted molar refractivity (Wildman–Crippen MR) is 119 cm³/mol. The van der Waals surface area contributed by atoms with E-state index in [0.717, 1.165) is 10.5 Å². The average molecular weight is 469 g/mol. The van der Waals surface area contributed by atoms with E-state index in [2.05, 4.69) is 5.32 Å². The summed E-state index contributed by atoms with van der Waals surface area (Å²) in [5, 5.41) is 11.9. The summed E-state index contributed by atoms with van der Waals surface area (Å²) in [6.45, 7) is 1.50. The lowest BCUT2D eigenvalue weighted by Crippen LogP contribution is -2.35. The number of imide groups is 1. The Morgan fingerprint density at radius 3 is 2.55 bits per heavy atom. The van der Waals surface area contributed by atoms with E-state index >= 15 is 0 Å². The summed E-state index contributed by atoms with van der Waals surface area (Å²) in [5.41, 5.74) is 2.20. The third-order valence-electron chi connectivity index (χ3n) is 5.00. The summed E-state index contributed by atoms with van der Waals surface area (Å²) >= 11 is 6.05. The summed E-state index contributed by atoms with van der Waals surface area (Å²) in [7, 11) is 0. The van der Waals surface area contributed by atoms with E-state index in [0.29, 0.717) is 16.3 Å². The lowest BCUT2D eigenvalue weighted by molar-refractivity contribution is -0.125. The number of nitriles is 1. The summed E-state index contributed by atoms with van der Waals surface area (Å²) in [4.78, 5) is 50.9. The molecular weight excluding hydrogens is 448 g/mol. The second kappa shape index (κ2) is 10.6. The molecule has 1 heterocycles. The van der Waals surface area contributed by atoms with Gasteiger partial charge in [0.15, 0.2) is 6.61 Å². The van der Waals surface area contributed by atoms with E-state index in [4.69, 9.17) is 21.6 Å². The van der Waals surface area contributed by atoms with Gasteiger partial charge in [-0.25, -0.2) is 9.59 Å². The molecule has 1 saturated heterocycles. The molecule has 0 aliphatic carbocycles. The molecular formula is C23H21ClN4O5. The van der Waals surface area contributed by atoms with Gasteiger partial charge < -0.3 is 15.0 Å². The molecule has 1 N–H and O–H groups in total. The highest BCUT2D eigenvalue weighted by Crippen LogP contribution is 2.23. The van der Waals surface area contributed by atoms with Gasteiger partial charge in [-0.1, -0.05) is 23.7 Å². The van der Waals surface area contributed by atoms with Gasteiger partial charge in [0.05, 0.1) is 31.1 Å². The monoisotopic (exact) mass is 468 g/mol. The highest BCUT2D eigenvalue weighted by molar-refractivity contribution is 6.31. The number of urea groups is 1. The molecule has 0 spiro atoms. The van der Waals surface area contributed by atoms with E-state index in [1.54, 1.807) is 37.3 Å². The molecule has 0 unspecified atom stereocenters. The van der Waals surface area contributed by atoms with Crippen molar-refractivity contribution in [3.63, 3.8) is 0 Å². The highest BCUT2D eigenvalue weighted by atomic mass is 35.5. The fourth-order valence-corrected chi connectivity index (χ4v) is 3.31. The van der Waals surface area contributed by atoms with Gasteiger partial charge in [-0.15, -0.1) is 0 Å². The highest BCUT2D eigenvalue weighted by Gasteiger charge is 2.28. The number of hydrogen-bond donors (Lipinski definition) is 1. The molecule has 0 saturated carbocycles. The summed E-state index contributed by atoms with van der Waals surface area (Å²) in [5.74, 6) is -1.49. The summed E-state index contributed by atoms with van der Waals surface area (Å²) < 4.78 is 5.17. The number of amides is 4. The van der Waals surface area contributed by atoms with Crippen molar-refractivity contribution in [1.82, 2.24) is 10.2 Å². The Hall–Kier alpha value is -3.90. The predicted octanol–water partition coefficient (Wildman–Crippen LogP) is 2.80. The van der Waals surface area contributed by atoms with E-state index in [-0.39, 0.29) is 37.5 Å². The van der Waals surface area contributed by atoms with Crippen LogP contribution in [0.25, 0.3) is 0 Å². The van der Waals surface area contributed by atoms with E-state index in [1.807, 2.05) is 6.07 Å². The van der Waals surface area contributed by atoms with Crippen molar-refractivity contribution in [3.8, 4) is 6.07 Å². The second-order valence-electron chi connectivity index (χ2n) is 7.30. The van der Waals surface area contributed by atoms with Gasteiger partial charge in [-0.3, -0.25) is 14.5 Å². The van der Waals surface area contributed by atoms with Crippen LogP contribution in [0.5, 0.6) is 0 Å². The number of anilines is 1. The van der Waals surface area contributed by atoms with Crippen LogP contribution in [0, 0.1) is 18.3 Å². The van der Waals surface area contributed by atoms with Crippen LogP contribution in [0.1, 0.15) is 27.9 Å². The maximum absolute atomic E-state index is 12.7. The zero-order chi connectivity index (χ0) is 24.0. The van der Waals surface area contributed by atoms with Crippen molar-refractivity contribution < 1.29 is 23.9 Å². The summed E-state index contributed by atoms with van der Waals surface area (Å²) in [6, 6.07) is 12.8. The Morgan fingerprint density at radius 1 is 1.21 bits per heavy atom. The number of nitrogens with zero attached hydrogens (tertiary/aromatic N) is 3. The molecule has 0 radical (unpaired) electrons. The quantitative estimate of drug-likeness (QED) is 0.470. The molecule has 1 fully saturated rings. The molecule has 2 aromatic rings. The van der Waals surface area contributed by atoms with Crippen LogP contribution < -0.4 is 10.2 Å². The third-order valence-corrected chi connectivity index (χ3v) is 5.42. The molecule has 170 valence electrons. The Bertz CT molecular complexity index is 1110. The molecule has 33 heavy (non-hydrogen) atoms. The molecule has 0 bridgehead atoms. The smallest absolute Gasteiger partial charge is 0.338 e. The van der Waals surface area contributed by atoms with Crippen molar-refractivity contribution in [2.75, 3.05) is 24.6 Å². The fourth-order valence-electron chi connectivity index (χ4n) is 3.19. The standard InChI is InChI=1S/C23H21ClN4O5/c1-15-11-18(7-8-19(15)24)27(10-2-9-25)21(30)14-33-22(31)17-5-3-16(4-6-17)13-28-20(29)12-26-23(28)32/h3-8,11H,2,10,12-14H2,1H3,(H,26,32). The lowest BCUT2D eigenvalue weighted by atomic mass is 10.1. The van der Waals surface area contributed by atoms with Crippen LogP contribution in [0.2, 0.25) is 5.02 Å². The molecule has 4 amide bonds. The first kappa shape index (κ1) is 23.8. The van der Waals surface area contributed by atoms with Gasteiger partial charge in [-0.05, 0) is 48.4 Å². The number of nitrogens with one attached hydrogen (secondary N) is 1. The zero-order valence-corrected chi connectivity index (χ0v) is 18.6. The molecule has 10 heteroatoms. The van der Waals surface area contributed by atoms with Gasteiger partial charge in [0.2, 0.25) is 5.91 Å². The molecule has 0 atom stereocenters. The SMILES string of the molecule is Cc1cc(N(CCC#N)C(=O)COC(=O)c2ccc(CN3C(=O)CNC3=O)cc2)ccc1Cl. The minimum atomic E-state index is -0.697. The lowest BCUT2D eigenvalue weighted by Gasteiger charge is -2.22. The number of rotatable bonds is 8. The fraction of sp³-hybridized carbons (Fsp3) is 0.261. The number of hydrogen-bond acceptors (Lipinski definition) is 6. The van der Waals surface area contributed by atoms with Crippen LogP contribution in [-0.2, 0) is 20.9 Å². The minimum Gasteiger partial charge on any atom is -0.452 e. The number of ether oxygens (including phenoxy) is 1. The number of aryl methyl sites for hydroxylation is 1. The van der Waals surface area contributed by atoms with Crippen LogP contribution in [0.4, 0.5) is 10.5 Å². The number of halogens is 1. The van der Waals surface area contributed by atoms with E-state index in [1.165, 1.54) is 17.0 Å². The maximum atomic E-state index is 12.7. The van der Waals surface area contributed by atoms with Crippen LogP contribution >= 0.6 is 11.6 Å². The van der Waals surface area contributed by atoms with Crippen LogP contribution in [-0.4, -0.2) is 48.4 Å². The van der Waals surface area contributed by atoms with E-state index in [9.17, 15) is 19.2 Å². The topological polar surface area (TPSA) is 120 Å². The van der Waals surface area contributed by atoms with Crippen molar-refractivity contribution >= 4 is 41.1 Å². The van der Waals surface area contributed by atoms with Crippen LogP contribution in [0.15, 0.2) is 42.5 Å². The van der Waals surface area contributed by atoms with Crippen molar-refractivity contribution in [3.05, 3.63) is 64.2 Å². The average Bonchev–Trinajstić information content (AvgIpc) is 3.12. The first-order chi connectivity index (χ1) is 15.8. The van der Waals surface area contributed by atoms with Crippen LogP contribution in [0.3, 0.4) is 0 Å². The Labute approximate surface area is 195 Å². The third kappa shape index (κ3) is 5.87. The number of benzene rings is 2.